The molecule has 0 spiro atoms. The number of ether oxygens (including phenoxy) is 1. The SMILES string of the molecule is COC(=O)[C@](C)(N)c1ccc(C(=O)O)cc1. The van der Waals surface area contributed by atoms with Gasteiger partial charge in [0.15, 0.2) is 0 Å². The molecule has 1 rings (SSSR count). The summed E-state index contributed by atoms with van der Waals surface area (Å²) < 4.78 is 4.57. The van der Waals surface area contributed by atoms with Crippen LogP contribution in [0.3, 0.4) is 0 Å². The minimum Gasteiger partial charge on any atom is -0.478 e. The molecular formula is C11H13NO4. The van der Waals surface area contributed by atoms with E-state index in [1.54, 1.807) is 0 Å². The van der Waals surface area contributed by atoms with E-state index in [-0.39, 0.29) is 5.56 Å². The molecule has 0 saturated heterocycles. The van der Waals surface area contributed by atoms with Gasteiger partial charge in [-0.2, -0.15) is 0 Å². The molecule has 1 atom stereocenters. The monoisotopic (exact) mass is 223 g/mol. The van der Waals surface area contributed by atoms with Gasteiger partial charge >= 0.3 is 11.9 Å². The zero-order valence-corrected chi connectivity index (χ0v) is 9.06. The highest BCUT2D eigenvalue weighted by Crippen LogP contribution is 2.19. The average molecular weight is 223 g/mol. The third-order valence-electron chi connectivity index (χ3n) is 2.34. The zero-order valence-electron chi connectivity index (χ0n) is 9.06. The van der Waals surface area contributed by atoms with Gasteiger partial charge < -0.3 is 15.6 Å². The van der Waals surface area contributed by atoms with E-state index in [4.69, 9.17) is 10.8 Å². The summed E-state index contributed by atoms with van der Waals surface area (Å²) in [5, 5.41) is 8.71. The summed E-state index contributed by atoms with van der Waals surface area (Å²) in [7, 11) is 1.25. The number of carboxylic acids is 1. The van der Waals surface area contributed by atoms with E-state index in [0.29, 0.717) is 5.56 Å². The Bertz CT molecular complexity index is 408. The van der Waals surface area contributed by atoms with E-state index < -0.39 is 17.5 Å². The van der Waals surface area contributed by atoms with Gasteiger partial charge in [-0.3, -0.25) is 0 Å². The molecule has 0 heterocycles. The third kappa shape index (κ3) is 2.20. The summed E-state index contributed by atoms with van der Waals surface area (Å²) in [4.78, 5) is 22.0. The molecule has 5 heteroatoms. The van der Waals surface area contributed by atoms with Crippen LogP contribution >= 0.6 is 0 Å². The first-order chi connectivity index (χ1) is 7.39. The molecule has 1 aromatic carbocycles. The van der Waals surface area contributed by atoms with E-state index in [1.165, 1.54) is 38.3 Å². The molecule has 1 aromatic rings. The Labute approximate surface area is 92.8 Å². The van der Waals surface area contributed by atoms with Gasteiger partial charge in [-0.1, -0.05) is 12.1 Å². The summed E-state index contributed by atoms with van der Waals surface area (Å²) in [5.74, 6) is -1.60. The Hall–Kier alpha value is -1.88. The lowest BCUT2D eigenvalue weighted by Crippen LogP contribution is -2.42. The van der Waals surface area contributed by atoms with Gasteiger partial charge in [-0.15, -0.1) is 0 Å². The number of methoxy groups -OCH3 is 1. The van der Waals surface area contributed by atoms with E-state index in [9.17, 15) is 9.59 Å². The highest BCUT2D eigenvalue weighted by molar-refractivity contribution is 5.88. The summed E-state index contributed by atoms with van der Waals surface area (Å²) in [6, 6.07) is 5.79. The van der Waals surface area contributed by atoms with Crippen molar-refractivity contribution in [2.75, 3.05) is 7.11 Å². The number of hydrogen-bond donors (Lipinski definition) is 2. The van der Waals surface area contributed by atoms with Crippen molar-refractivity contribution in [1.82, 2.24) is 0 Å². The standard InChI is InChI=1S/C11H13NO4/c1-11(12,10(15)16-2)8-5-3-7(4-6-8)9(13)14/h3-6H,12H2,1-2H3,(H,13,14)/t11-/m1/s1. The first-order valence-electron chi connectivity index (χ1n) is 4.60. The van der Waals surface area contributed by atoms with Crippen molar-refractivity contribution in [3.8, 4) is 0 Å². The van der Waals surface area contributed by atoms with Crippen molar-refractivity contribution in [3.63, 3.8) is 0 Å². The third-order valence-corrected chi connectivity index (χ3v) is 2.34. The minimum atomic E-state index is -1.27. The van der Waals surface area contributed by atoms with E-state index in [0.717, 1.165) is 0 Å². The van der Waals surface area contributed by atoms with Crippen LogP contribution < -0.4 is 5.73 Å². The summed E-state index contributed by atoms with van der Waals surface area (Å²) in [6.45, 7) is 1.51. The van der Waals surface area contributed by atoms with E-state index >= 15 is 0 Å². The van der Waals surface area contributed by atoms with Crippen molar-refractivity contribution in [2.45, 2.75) is 12.5 Å². The number of benzene rings is 1. The van der Waals surface area contributed by atoms with Gasteiger partial charge in [-0.05, 0) is 24.6 Å². The number of esters is 1. The van der Waals surface area contributed by atoms with Crippen LogP contribution in [-0.2, 0) is 15.1 Å². The Morgan fingerprint density at radius 3 is 2.19 bits per heavy atom. The number of carbonyl (C=O) groups excluding carboxylic acids is 1. The van der Waals surface area contributed by atoms with Crippen LogP contribution in [0.25, 0.3) is 0 Å². The molecule has 0 bridgehead atoms. The maximum atomic E-state index is 11.4. The second-order valence-electron chi connectivity index (χ2n) is 3.58. The molecule has 3 N–H and O–H groups in total. The van der Waals surface area contributed by atoms with Gasteiger partial charge in [0.2, 0.25) is 0 Å². The fourth-order valence-corrected chi connectivity index (χ4v) is 1.29. The molecule has 0 aliphatic heterocycles. The van der Waals surface area contributed by atoms with Crippen LogP contribution in [-0.4, -0.2) is 24.2 Å². The molecule has 0 aliphatic rings. The maximum absolute atomic E-state index is 11.4. The first kappa shape index (κ1) is 12.2. The van der Waals surface area contributed by atoms with Gasteiger partial charge in [0, 0.05) is 0 Å². The fraction of sp³-hybridized carbons (Fsp3) is 0.273. The van der Waals surface area contributed by atoms with Crippen LogP contribution in [0.2, 0.25) is 0 Å². The number of hydrogen-bond acceptors (Lipinski definition) is 4. The minimum absolute atomic E-state index is 0.143. The lowest BCUT2D eigenvalue weighted by Gasteiger charge is -2.21. The second-order valence-corrected chi connectivity index (χ2v) is 3.58. The van der Waals surface area contributed by atoms with Crippen LogP contribution in [0, 0.1) is 0 Å². The molecule has 0 unspecified atom stereocenters. The normalized spacial score (nSPS) is 13.9. The molecule has 0 saturated carbocycles. The number of carboxylic acid groups (broad SMARTS) is 1. The number of nitrogens with two attached hydrogens (primary N) is 1. The van der Waals surface area contributed by atoms with Crippen molar-refractivity contribution in [1.29, 1.82) is 0 Å². The maximum Gasteiger partial charge on any atom is 0.335 e. The Morgan fingerprint density at radius 2 is 1.81 bits per heavy atom. The number of aromatic carboxylic acids is 1. The lowest BCUT2D eigenvalue weighted by atomic mass is 9.92. The smallest absolute Gasteiger partial charge is 0.335 e. The van der Waals surface area contributed by atoms with Crippen LogP contribution in [0.4, 0.5) is 0 Å². The Morgan fingerprint density at radius 1 is 1.31 bits per heavy atom. The zero-order chi connectivity index (χ0) is 12.3. The lowest BCUT2D eigenvalue weighted by molar-refractivity contribution is -0.146. The molecular weight excluding hydrogens is 210 g/mol. The quantitative estimate of drug-likeness (QED) is 0.737. The molecule has 16 heavy (non-hydrogen) atoms. The predicted octanol–water partition coefficient (Wildman–Crippen LogP) is 0.732. The highest BCUT2D eigenvalue weighted by atomic mass is 16.5. The summed E-state index contributed by atoms with van der Waals surface area (Å²) in [5.41, 5.74) is 5.17. The van der Waals surface area contributed by atoms with Gasteiger partial charge in [-0.25, -0.2) is 9.59 Å². The van der Waals surface area contributed by atoms with E-state index in [2.05, 4.69) is 4.74 Å². The van der Waals surface area contributed by atoms with Crippen molar-refractivity contribution in [3.05, 3.63) is 35.4 Å². The van der Waals surface area contributed by atoms with Crippen molar-refractivity contribution >= 4 is 11.9 Å². The van der Waals surface area contributed by atoms with E-state index in [1.807, 2.05) is 0 Å². The van der Waals surface area contributed by atoms with Crippen LogP contribution in [0.15, 0.2) is 24.3 Å². The average Bonchev–Trinajstić information content (AvgIpc) is 2.28. The topological polar surface area (TPSA) is 89.6 Å². The number of rotatable bonds is 3. The Kier molecular flexibility index (Phi) is 3.29. The van der Waals surface area contributed by atoms with Crippen LogP contribution in [0.1, 0.15) is 22.8 Å². The van der Waals surface area contributed by atoms with Crippen molar-refractivity contribution in [2.24, 2.45) is 5.73 Å². The van der Waals surface area contributed by atoms with Crippen molar-refractivity contribution < 1.29 is 19.4 Å². The summed E-state index contributed by atoms with van der Waals surface area (Å²) >= 11 is 0. The first-order valence-corrected chi connectivity index (χ1v) is 4.60. The molecule has 5 nitrogen and oxygen atoms in total. The van der Waals surface area contributed by atoms with Crippen LogP contribution in [0.5, 0.6) is 0 Å². The number of carbonyl (C=O) groups is 2. The fourth-order valence-electron chi connectivity index (χ4n) is 1.29. The molecule has 0 aliphatic carbocycles. The largest absolute Gasteiger partial charge is 0.478 e. The molecule has 0 radical (unpaired) electrons. The molecule has 0 aromatic heterocycles. The predicted molar refractivity (Wildman–Crippen MR) is 57.0 cm³/mol. The highest BCUT2D eigenvalue weighted by Gasteiger charge is 2.31. The summed E-state index contributed by atoms with van der Waals surface area (Å²) in [6.07, 6.45) is 0. The molecule has 0 amide bonds. The Balaban J connectivity index is 3.06. The molecule has 86 valence electrons. The van der Waals surface area contributed by atoms with Gasteiger partial charge in [0.05, 0.1) is 12.7 Å². The second kappa shape index (κ2) is 4.32. The molecule has 0 fully saturated rings. The van der Waals surface area contributed by atoms with Gasteiger partial charge in [0.25, 0.3) is 0 Å². The van der Waals surface area contributed by atoms with Gasteiger partial charge in [0.1, 0.15) is 5.54 Å².